The van der Waals surface area contributed by atoms with Gasteiger partial charge in [0.05, 0.1) is 12.1 Å². The van der Waals surface area contributed by atoms with Crippen LogP contribution in [0.15, 0.2) is 9.59 Å². The summed E-state index contributed by atoms with van der Waals surface area (Å²) in [6, 6.07) is 0. The minimum absolute atomic E-state index is 0.180. The number of aliphatic hydroxyl groups is 2. The molecule has 3 heterocycles. The Labute approximate surface area is 146 Å². The molecule has 1 fully saturated rings. The van der Waals surface area contributed by atoms with Crippen molar-refractivity contribution in [3.05, 3.63) is 20.8 Å². The molecule has 2 aromatic heterocycles. The van der Waals surface area contributed by atoms with Crippen molar-refractivity contribution in [1.82, 2.24) is 19.1 Å². The number of nitrogens with one attached hydrogen (secondary N) is 1. The topological polar surface area (TPSA) is 148 Å². The number of hydrogen-bond donors (Lipinski definition) is 4. The molecular formula is C15H18FN5O5. The van der Waals surface area contributed by atoms with Crippen LogP contribution in [0.1, 0.15) is 20.1 Å². The van der Waals surface area contributed by atoms with E-state index < -0.39 is 41.5 Å². The van der Waals surface area contributed by atoms with Crippen molar-refractivity contribution in [2.24, 2.45) is 0 Å². The lowest BCUT2D eigenvalue weighted by Crippen LogP contribution is -2.42. The van der Waals surface area contributed by atoms with Crippen molar-refractivity contribution in [2.45, 2.75) is 50.6 Å². The molecule has 0 aliphatic carbocycles. The average Bonchev–Trinajstić information content (AvgIpc) is 2.96. The lowest BCUT2D eigenvalue weighted by atomic mass is 9.97. The van der Waals surface area contributed by atoms with Crippen LogP contribution in [0.25, 0.3) is 11.2 Å². The summed E-state index contributed by atoms with van der Waals surface area (Å²) < 4.78 is 21.6. The molecule has 10 nitrogen and oxygen atoms in total. The number of fused-ring (bicyclic) bond motifs is 1. The number of hydrogen-bond acceptors (Lipinski definition) is 7. The first-order valence-electron chi connectivity index (χ1n) is 7.72. The number of anilines is 1. The highest BCUT2D eigenvalue weighted by Crippen LogP contribution is 2.36. The Morgan fingerprint density at radius 1 is 1.50 bits per heavy atom. The molecular weight excluding hydrogens is 349 g/mol. The van der Waals surface area contributed by atoms with Crippen LogP contribution in [0.5, 0.6) is 0 Å². The lowest BCUT2D eigenvalue weighted by molar-refractivity contribution is -0.116. The maximum Gasteiger partial charge on any atom is 0.333 e. The highest BCUT2D eigenvalue weighted by atomic mass is 19.1. The van der Waals surface area contributed by atoms with Crippen LogP contribution < -0.4 is 17.0 Å². The van der Waals surface area contributed by atoms with Gasteiger partial charge in [-0.3, -0.25) is 14.3 Å². The summed E-state index contributed by atoms with van der Waals surface area (Å²) in [7, 11) is 0. The molecule has 0 amide bonds. The average molecular weight is 367 g/mol. The highest BCUT2D eigenvalue weighted by molar-refractivity contribution is 5.72. The molecule has 0 saturated carbocycles. The van der Waals surface area contributed by atoms with Gasteiger partial charge in [0.25, 0.3) is 5.56 Å². The van der Waals surface area contributed by atoms with Gasteiger partial charge in [0.15, 0.2) is 23.6 Å². The molecule has 1 aliphatic rings. The summed E-state index contributed by atoms with van der Waals surface area (Å²) in [5, 5.41) is 20.3. The SMILES string of the molecule is C#CCn1c(=O)n([C@@H]2O[C@H](C(C)(C)O)C(F)[C@H]2O)c2nc(N)[nH]c(=O)c21. The Morgan fingerprint density at radius 2 is 2.15 bits per heavy atom. The number of halogens is 1. The summed E-state index contributed by atoms with van der Waals surface area (Å²) in [5.41, 5.74) is 1.98. The number of rotatable bonds is 3. The predicted molar refractivity (Wildman–Crippen MR) is 89.0 cm³/mol. The fourth-order valence-electron chi connectivity index (χ4n) is 3.08. The Morgan fingerprint density at radius 3 is 2.69 bits per heavy atom. The van der Waals surface area contributed by atoms with E-state index in [4.69, 9.17) is 16.9 Å². The maximum absolute atomic E-state index is 14.5. The van der Waals surface area contributed by atoms with E-state index in [1.165, 1.54) is 13.8 Å². The maximum atomic E-state index is 14.5. The summed E-state index contributed by atoms with van der Waals surface area (Å²) >= 11 is 0. The van der Waals surface area contributed by atoms with Crippen molar-refractivity contribution in [2.75, 3.05) is 5.73 Å². The van der Waals surface area contributed by atoms with Gasteiger partial charge in [0.1, 0.15) is 12.2 Å². The van der Waals surface area contributed by atoms with Crippen LogP contribution in [0.4, 0.5) is 10.3 Å². The number of nitrogen functional groups attached to an aromatic ring is 1. The molecule has 140 valence electrons. The number of alkyl halides is 1. The fourth-order valence-corrected chi connectivity index (χ4v) is 3.08. The molecule has 1 saturated heterocycles. The van der Waals surface area contributed by atoms with E-state index in [2.05, 4.69) is 15.9 Å². The van der Waals surface area contributed by atoms with Crippen LogP contribution in [0, 0.1) is 12.3 Å². The van der Waals surface area contributed by atoms with Gasteiger partial charge >= 0.3 is 5.69 Å². The molecule has 0 radical (unpaired) electrons. The normalized spacial score (nSPS) is 26.3. The van der Waals surface area contributed by atoms with Crippen LogP contribution in [-0.2, 0) is 11.3 Å². The smallest absolute Gasteiger partial charge is 0.333 e. The van der Waals surface area contributed by atoms with Gasteiger partial charge in [-0.15, -0.1) is 6.42 Å². The van der Waals surface area contributed by atoms with Gasteiger partial charge in [-0.2, -0.15) is 4.98 Å². The second-order valence-corrected chi connectivity index (χ2v) is 6.60. The third-order valence-corrected chi connectivity index (χ3v) is 4.22. The van der Waals surface area contributed by atoms with Crippen LogP contribution in [-0.4, -0.2) is 53.3 Å². The molecule has 11 heteroatoms. The van der Waals surface area contributed by atoms with Gasteiger partial charge in [0, 0.05) is 0 Å². The van der Waals surface area contributed by atoms with Gasteiger partial charge in [-0.1, -0.05) is 5.92 Å². The lowest BCUT2D eigenvalue weighted by Gasteiger charge is -2.26. The molecule has 5 N–H and O–H groups in total. The van der Waals surface area contributed by atoms with E-state index in [0.29, 0.717) is 0 Å². The highest BCUT2D eigenvalue weighted by Gasteiger charge is 2.52. The quantitative estimate of drug-likeness (QED) is 0.481. The monoisotopic (exact) mass is 367 g/mol. The van der Waals surface area contributed by atoms with Gasteiger partial charge < -0.3 is 20.7 Å². The number of nitrogens with zero attached hydrogens (tertiary/aromatic N) is 3. The molecule has 4 atom stereocenters. The van der Waals surface area contributed by atoms with Crippen molar-refractivity contribution in [3.8, 4) is 12.3 Å². The summed E-state index contributed by atoms with van der Waals surface area (Å²) in [6.45, 7) is 2.36. The van der Waals surface area contributed by atoms with E-state index >= 15 is 0 Å². The van der Waals surface area contributed by atoms with Crippen LogP contribution in [0.2, 0.25) is 0 Å². The number of aliphatic hydroxyl groups excluding tert-OH is 1. The number of terminal acetylenes is 1. The molecule has 2 aromatic rings. The molecule has 0 spiro atoms. The largest absolute Gasteiger partial charge is 0.388 e. The summed E-state index contributed by atoms with van der Waals surface area (Å²) in [4.78, 5) is 31.1. The number of ether oxygens (including phenoxy) is 1. The minimum Gasteiger partial charge on any atom is -0.388 e. The third-order valence-electron chi connectivity index (χ3n) is 4.22. The first-order valence-corrected chi connectivity index (χ1v) is 7.72. The summed E-state index contributed by atoms with van der Waals surface area (Å²) in [5.74, 6) is 1.96. The number of aromatic nitrogens is 4. The Kier molecular flexibility index (Phi) is 4.14. The molecule has 3 rings (SSSR count). The summed E-state index contributed by atoms with van der Waals surface area (Å²) in [6.07, 6.45) is -1.44. The Balaban J connectivity index is 2.26. The third kappa shape index (κ3) is 2.59. The van der Waals surface area contributed by atoms with Gasteiger partial charge in [-0.05, 0) is 13.8 Å². The minimum atomic E-state index is -1.97. The molecule has 26 heavy (non-hydrogen) atoms. The molecule has 1 aliphatic heterocycles. The zero-order chi connectivity index (χ0) is 19.4. The second kappa shape index (κ2) is 5.94. The molecule has 0 aromatic carbocycles. The van der Waals surface area contributed by atoms with E-state index in [-0.39, 0.29) is 23.7 Å². The fraction of sp³-hybridized carbons (Fsp3) is 0.533. The Bertz CT molecular complexity index is 1010. The van der Waals surface area contributed by atoms with Crippen molar-refractivity contribution in [3.63, 3.8) is 0 Å². The van der Waals surface area contributed by atoms with Gasteiger partial charge in [0.2, 0.25) is 5.95 Å². The van der Waals surface area contributed by atoms with Crippen molar-refractivity contribution < 1.29 is 19.3 Å². The first kappa shape index (κ1) is 18.1. The van der Waals surface area contributed by atoms with E-state index in [0.717, 1.165) is 9.13 Å². The number of imidazole rings is 1. The zero-order valence-corrected chi connectivity index (χ0v) is 14.0. The van der Waals surface area contributed by atoms with Crippen LogP contribution >= 0.6 is 0 Å². The van der Waals surface area contributed by atoms with Crippen LogP contribution in [0.3, 0.4) is 0 Å². The second-order valence-electron chi connectivity index (χ2n) is 6.60. The van der Waals surface area contributed by atoms with Crippen molar-refractivity contribution >= 4 is 17.1 Å². The predicted octanol–water partition coefficient (Wildman–Crippen LogP) is -1.53. The van der Waals surface area contributed by atoms with Gasteiger partial charge in [-0.25, -0.2) is 13.8 Å². The van der Waals surface area contributed by atoms with E-state index in [9.17, 15) is 24.2 Å². The molecule has 0 bridgehead atoms. The van der Waals surface area contributed by atoms with E-state index in [1.54, 1.807) is 0 Å². The zero-order valence-electron chi connectivity index (χ0n) is 14.0. The number of aromatic amines is 1. The Hall–Kier alpha value is -2.68. The van der Waals surface area contributed by atoms with Crippen molar-refractivity contribution in [1.29, 1.82) is 0 Å². The first-order chi connectivity index (χ1) is 12.1. The standard InChI is InChI=1S/C15H18FN5O5/c1-4-5-20-7-10(18-13(17)19-11(7)23)21(14(20)24)12-8(22)6(16)9(26-12)15(2,3)25/h1,6,8-9,12,22,25H,5H2,2-3H3,(H3,17,18,19,23)/t6?,8-,9+,12-/m1/s1. The number of H-pyrrole nitrogens is 1. The molecule has 1 unspecified atom stereocenters. The number of nitrogens with two attached hydrogens (primary N) is 1. The van der Waals surface area contributed by atoms with E-state index in [1.807, 2.05) is 0 Å².